The molecule has 2 aliphatic heterocycles. The molecule has 0 saturated carbocycles. The minimum Gasteiger partial charge on any atom is -0.384 e. The van der Waals surface area contributed by atoms with E-state index >= 15 is 0 Å². The molecular weight excluding hydrogens is 664 g/mol. The molecular formula is C37H38N10O5. The Labute approximate surface area is 298 Å². The number of unbranched alkanes of at least 4 members (excludes halogenated alkanes) is 2. The summed E-state index contributed by atoms with van der Waals surface area (Å²) in [5.74, 6) is -1.89. The topological polar surface area (TPSA) is 196 Å². The first-order valence-electron chi connectivity index (χ1n) is 17.4. The first-order chi connectivity index (χ1) is 25.3. The molecule has 5 aromatic rings. The van der Waals surface area contributed by atoms with Gasteiger partial charge in [-0.1, -0.05) is 13.0 Å². The summed E-state index contributed by atoms with van der Waals surface area (Å²) in [6.07, 6.45) is 9.10. The smallest absolute Gasteiger partial charge is 0.264 e. The lowest BCUT2D eigenvalue weighted by Gasteiger charge is -2.27. The maximum Gasteiger partial charge on any atom is 0.264 e. The number of nitrogens with zero attached hydrogens (tertiary/aromatic N) is 5. The van der Waals surface area contributed by atoms with Crippen molar-refractivity contribution in [1.29, 1.82) is 0 Å². The van der Waals surface area contributed by atoms with Crippen LogP contribution in [0.3, 0.4) is 0 Å². The fraction of sp³-hybridized carbons (Fsp3) is 0.297. The van der Waals surface area contributed by atoms with Crippen LogP contribution >= 0.6 is 0 Å². The van der Waals surface area contributed by atoms with Crippen molar-refractivity contribution in [3.05, 3.63) is 83.8 Å². The minimum absolute atomic E-state index is 0.0662. The molecule has 5 heterocycles. The molecule has 5 N–H and O–H groups in total. The van der Waals surface area contributed by atoms with Crippen molar-refractivity contribution in [1.82, 2.24) is 40.3 Å². The molecule has 15 nitrogen and oxygen atoms in total. The molecule has 2 aromatic carbocycles. The van der Waals surface area contributed by atoms with Gasteiger partial charge in [0.1, 0.15) is 11.7 Å². The Kier molecular flexibility index (Phi) is 9.73. The zero-order chi connectivity index (χ0) is 36.2. The molecule has 7 rings (SSSR count). The molecule has 5 amide bonds. The Hall–Kier alpha value is -6.38. The second-order valence-electron chi connectivity index (χ2n) is 12.7. The van der Waals surface area contributed by atoms with E-state index in [9.17, 15) is 24.0 Å². The predicted molar refractivity (Wildman–Crippen MR) is 193 cm³/mol. The van der Waals surface area contributed by atoms with Gasteiger partial charge in [0, 0.05) is 66.3 Å². The summed E-state index contributed by atoms with van der Waals surface area (Å²) in [6.45, 7) is 3.97. The predicted octanol–water partition coefficient (Wildman–Crippen LogP) is 4.39. The summed E-state index contributed by atoms with van der Waals surface area (Å²) in [6, 6.07) is 13.0. The van der Waals surface area contributed by atoms with Gasteiger partial charge in [0.2, 0.25) is 17.8 Å². The summed E-state index contributed by atoms with van der Waals surface area (Å²) in [7, 11) is 0. The van der Waals surface area contributed by atoms with Crippen LogP contribution in [0.15, 0.2) is 67.1 Å². The number of anilines is 3. The highest BCUT2D eigenvalue weighted by Gasteiger charge is 2.45. The van der Waals surface area contributed by atoms with E-state index in [4.69, 9.17) is 4.98 Å². The molecule has 2 aliphatic rings. The number of benzene rings is 2. The van der Waals surface area contributed by atoms with Gasteiger partial charge in [-0.25, -0.2) is 4.98 Å². The molecule has 0 radical (unpaired) electrons. The highest BCUT2D eigenvalue weighted by atomic mass is 16.2. The highest BCUT2D eigenvalue weighted by Crippen LogP contribution is 2.32. The average molecular weight is 703 g/mol. The van der Waals surface area contributed by atoms with E-state index < -0.39 is 29.7 Å². The molecule has 15 heteroatoms. The second-order valence-corrected chi connectivity index (χ2v) is 12.7. The van der Waals surface area contributed by atoms with Gasteiger partial charge >= 0.3 is 0 Å². The number of carbonyl (C=O) groups excluding carboxylic acids is 5. The summed E-state index contributed by atoms with van der Waals surface area (Å²) in [5, 5.41) is 17.0. The number of amides is 5. The number of hydrogen-bond donors (Lipinski definition) is 5. The van der Waals surface area contributed by atoms with E-state index in [1.165, 1.54) is 0 Å². The van der Waals surface area contributed by atoms with Crippen LogP contribution in [0.5, 0.6) is 0 Å². The first-order valence-corrected chi connectivity index (χ1v) is 17.4. The van der Waals surface area contributed by atoms with Crippen LogP contribution in [0.1, 0.15) is 76.5 Å². The van der Waals surface area contributed by atoms with Gasteiger partial charge in [0.25, 0.3) is 17.7 Å². The normalized spacial score (nSPS) is 15.6. The third kappa shape index (κ3) is 6.97. The second kappa shape index (κ2) is 14.8. The van der Waals surface area contributed by atoms with Crippen molar-refractivity contribution in [2.75, 3.05) is 23.7 Å². The molecule has 1 unspecified atom stereocenters. The molecule has 0 spiro atoms. The van der Waals surface area contributed by atoms with Gasteiger partial charge in [0.15, 0.2) is 0 Å². The molecule has 0 aliphatic carbocycles. The molecule has 1 saturated heterocycles. The number of nitrogens with one attached hydrogen (secondary N) is 5. The van der Waals surface area contributed by atoms with Crippen molar-refractivity contribution in [3.63, 3.8) is 0 Å². The van der Waals surface area contributed by atoms with Crippen molar-refractivity contribution in [2.24, 2.45) is 0 Å². The van der Waals surface area contributed by atoms with E-state index in [1.807, 2.05) is 41.5 Å². The number of aromatic nitrogens is 5. The molecule has 266 valence electrons. The minimum atomic E-state index is -1.01. The number of piperidine rings is 1. The number of H-pyrrole nitrogens is 1. The Balaban J connectivity index is 0.868. The maximum absolute atomic E-state index is 13.3. The number of carbonyl (C=O) groups is 5. The molecule has 52 heavy (non-hydrogen) atoms. The van der Waals surface area contributed by atoms with Gasteiger partial charge in [-0.05, 0) is 74.6 Å². The number of hydrogen-bond acceptors (Lipinski definition) is 10. The summed E-state index contributed by atoms with van der Waals surface area (Å²) < 4.78 is 1.90. The van der Waals surface area contributed by atoms with Gasteiger partial charge < -0.3 is 20.9 Å². The van der Waals surface area contributed by atoms with Crippen LogP contribution in [-0.2, 0) is 16.1 Å². The van der Waals surface area contributed by atoms with Crippen LogP contribution in [0.25, 0.3) is 22.3 Å². The van der Waals surface area contributed by atoms with Gasteiger partial charge in [0.05, 0.1) is 23.0 Å². The third-order valence-electron chi connectivity index (χ3n) is 9.10. The van der Waals surface area contributed by atoms with Crippen molar-refractivity contribution in [3.8, 4) is 11.3 Å². The number of aryl methyl sites for hydroxylation is 1. The quantitative estimate of drug-likeness (QED) is 0.0818. The van der Waals surface area contributed by atoms with E-state index in [0.29, 0.717) is 35.9 Å². The van der Waals surface area contributed by atoms with Crippen molar-refractivity contribution in [2.45, 2.75) is 58.0 Å². The monoisotopic (exact) mass is 702 g/mol. The average Bonchev–Trinajstić information content (AvgIpc) is 3.87. The third-order valence-corrected chi connectivity index (χ3v) is 9.10. The van der Waals surface area contributed by atoms with E-state index in [0.717, 1.165) is 59.5 Å². The zero-order valence-electron chi connectivity index (χ0n) is 28.6. The first kappa shape index (κ1) is 34.1. The lowest BCUT2D eigenvalue weighted by atomic mass is 10.0. The number of fused-ring (bicyclic) bond motifs is 2. The van der Waals surface area contributed by atoms with Gasteiger partial charge in [-0.2, -0.15) is 10.1 Å². The van der Waals surface area contributed by atoms with E-state index in [1.54, 1.807) is 30.3 Å². The molecule has 0 bridgehead atoms. The fourth-order valence-corrected chi connectivity index (χ4v) is 6.50. The lowest BCUT2D eigenvalue weighted by molar-refractivity contribution is -0.136. The maximum atomic E-state index is 13.3. The number of imide groups is 2. The summed E-state index contributed by atoms with van der Waals surface area (Å²) >= 11 is 0. The zero-order valence-corrected chi connectivity index (χ0v) is 28.6. The lowest BCUT2D eigenvalue weighted by Crippen LogP contribution is -2.54. The molecule has 1 atom stereocenters. The van der Waals surface area contributed by atoms with Crippen molar-refractivity contribution >= 4 is 57.9 Å². The Bertz CT molecular complexity index is 2170. The van der Waals surface area contributed by atoms with Crippen LogP contribution in [-0.4, -0.2) is 78.3 Å². The van der Waals surface area contributed by atoms with Crippen LogP contribution in [0.2, 0.25) is 0 Å². The molecule has 3 aromatic heterocycles. The standard InChI is InChI=1S/C37H38N10O5/c1-2-19-46-21-23(20-41-46)31-26-15-18-39-32(26)45-37(44-31)42-24-11-9-22(10-12-24)33(49)40-17-5-3-4-16-38-27-8-6-7-25-30(27)36(52)47(35(25)51)28-13-14-29(48)43-34(28)50/h6-12,15,18,20-21,28,38H,2-5,13-14,16-17,19H2,1H3,(H,40,49)(H,43,48,50)(H2,39,42,44,45). The fourth-order valence-electron chi connectivity index (χ4n) is 6.50. The van der Waals surface area contributed by atoms with Crippen LogP contribution < -0.4 is 21.3 Å². The SMILES string of the molecule is CCCn1cc(-c2nc(Nc3ccc(C(=O)NCCCCCNc4cccc5c4C(=O)N(C4CCC(=O)NC4=O)C5=O)cc3)nc3[nH]ccc23)cn1. The van der Waals surface area contributed by atoms with Crippen molar-refractivity contribution < 1.29 is 24.0 Å². The van der Waals surface area contributed by atoms with Gasteiger partial charge in [-0.3, -0.25) is 38.9 Å². The van der Waals surface area contributed by atoms with Crippen LogP contribution in [0.4, 0.5) is 17.3 Å². The summed E-state index contributed by atoms with van der Waals surface area (Å²) in [5.41, 5.74) is 4.64. The molecule has 1 fully saturated rings. The van der Waals surface area contributed by atoms with Crippen LogP contribution in [0, 0.1) is 0 Å². The summed E-state index contributed by atoms with van der Waals surface area (Å²) in [4.78, 5) is 76.6. The van der Waals surface area contributed by atoms with E-state index in [2.05, 4.69) is 43.3 Å². The highest BCUT2D eigenvalue weighted by molar-refractivity contribution is 6.25. The Morgan fingerprint density at radius 1 is 0.962 bits per heavy atom. The number of rotatable bonds is 14. The number of aromatic amines is 1. The van der Waals surface area contributed by atoms with Gasteiger partial charge in [-0.15, -0.1) is 0 Å². The Morgan fingerprint density at radius 3 is 2.60 bits per heavy atom. The van der Waals surface area contributed by atoms with E-state index in [-0.39, 0.29) is 29.9 Å². The Morgan fingerprint density at radius 2 is 1.79 bits per heavy atom. The largest absolute Gasteiger partial charge is 0.384 e.